The van der Waals surface area contributed by atoms with Crippen molar-refractivity contribution in [1.82, 2.24) is 10.3 Å². The van der Waals surface area contributed by atoms with Gasteiger partial charge in [-0.2, -0.15) is 0 Å². The van der Waals surface area contributed by atoms with E-state index in [-0.39, 0.29) is 11.7 Å². The lowest BCUT2D eigenvalue weighted by molar-refractivity contribution is -0.141. The van der Waals surface area contributed by atoms with E-state index < -0.39 is 5.60 Å². The predicted octanol–water partition coefficient (Wildman–Crippen LogP) is 4.35. The van der Waals surface area contributed by atoms with Crippen molar-refractivity contribution >= 4 is 5.91 Å². The van der Waals surface area contributed by atoms with Crippen LogP contribution in [-0.4, -0.2) is 36.8 Å². The Morgan fingerprint density at radius 1 is 1.19 bits per heavy atom. The number of pyridine rings is 1. The molecule has 0 unspecified atom stereocenters. The lowest BCUT2D eigenvalue weighted by atomic mass is 9.89. The van der Waals surface area contributed by atoms with E-state index in [0.29, 0.717) is 43.7 Å². The Hall–Kier alpha value is -3.25. The molecule has 0 saturated carbocycles. The second-order valence-corrected chi connectivity index (χ2v) is 7.99. The average molecular weight is 435 g/mol. The first kappa shape index (κ1) is 22.0. The molecule has 0 spiro atoms. The van der Waals surface area contributed by atoms with Crippen LogP contribution >= 0.6 is 0 Å². The molecule has 3 aromatic rings. The van der Waals surface area contributed by atoms with Crippen molar-refractivity contribution in [2.45, 2.75) is 31.3 Å². The monoisotopic (exact) mass is 434 g/mol. The summed E-state index contributed by atoms with van der Waals surface area (Å²) in [7, 11) is 1.57. The van der Waals surface area contributed by atoms with Gasteiger partial charge in [0.2, 0.25) is 0 Å². The number of halogens is 1. The van der Waals surface area contributed by atoms with Crippen LogP contribution in [0.15, 0.2) is 66.9 Å². The number of methoxy groups -OCH3 is 1. The second-order valence-electron chi connectivity index (χ2n) is 7.99. The quantitative estimate of drug-likeness (QED) is 0.573. The highest BCUT2D eigenvalue weighted by Crippen LogP contribution is 2.33. The number of nitrogens with one attached hydrogen (secondary N) is 1. The molecule has 1 N–H and O–H groups in total. The molecule has 2 aromatic carbocycles. The van der Waals surface area contributed by atoms with Crippen LogP contribution in [0.1, 0.15) is 24.1 Å². The van der Waals surface area contributed by atoms with Crippen LogP contribution in [-0.2, 0) is 22.4 Å². The molecule has 1 fully saturated rings. The molecular formula is C26H27FN2O3. The molecule has 1 saturated heterocycles. The van der Waals surface area contributed by atoms with E-state index in [4.69, 9.17) is 9.47 Å². The topological polar surface area (TPSA) is 60.5 Å². The van der Waals surface area contributed by atoms with E-state index in [1.165, 1.54) is 12.1 Å². The van der Waals surface area contributed by atoms with Gasteiger partial charge in [0.15, 0.2) is 5.60 Å². The molecule has 1 amide bonds. The van der Waals surface area contributed by atoms with Gasteiger partial charge in [-0.25, -0.2) is 4.39 Å². The Bertz CT molecular complexity index is 1050. The Balaban J connectivity index is 1.45. The SMILES string of the molecule is COc1ccc(F)cc1-c1ccc(C[C@@]2(C(=O)NCCc3ccccn3)CCCO2)cc1. The summed E-state index contributed by atoms with van der Waals surface area (Å²) in [6.07, 6.45) is 4.45. The Morgan fingerprint density at radius 2 is 2.03 bits per heavy atom. The largest absolute Gasteiger partial charge is 0.496 e. The van der Waals surface area contributed by atoms with E-state index in [9.17, 15) is 9.18 Å². The van der Waals surface area contributed by atoms with Gasteiger partial charge in [-0.3, -0.25) is 9.78 Å². The Kier molecular flexibility index (Phi) is 6.81. The molecule has 1 atom stereocenters. The molecule has 0 radical (unpaired) electrons. The van der Waals surface area contributed by atoms with Crippen molar-refractivity contribution in [3.8, 4) is 16.9 Å². The van der Waals surface area contributed by atoms with Gasteiger partial charge in [0.25, 0.3) is 5.91 Å². The highest BCUT2D eigenvalue weighted by molar-refractivity contribution is 5.86. The number of amides is 1. The van der Waals surface area contributed by atoms with Crippen LogP contribution in [0, 0.1) is 5.82 Å². The van der Waals surface area contributed by atoms with Crippen molar-refractivity contribution < 1.29 is 18.7 Å². The highest BCUT2D eigenvalue weighted by atomic mass is 19.1. The Labute approximate surface area is 187 Å². The van der Waals surface area contributed by atoms with E-state index >= 15 is 0 Å². The van der Waals surface area contributed by atoms with E-state index in [0.717, 1.165) is 23.2 Å². The molecular weight excluding hydrogens is 407 g/mol. The zero-order valence-corrected chi connectivity index (χ0v) is 18.1. The van der Waals surface area contributed by atoms with Gasteiger partial charge in [-0.05, 0) is 54.3 Å². The summed E-state index contributed by atoms with van der Waals surface area (Å²) in [5.41, 5.74) is 2.62. The molecule has 1 aliphatic heterocycles. The first-order chi connectivity index (χ1) is 15.6. The number of rotatable bonds is 8. The first-order valence-electron chi connectivity index (χ1n) is 10.8. The molecule has 5 nitrogen and oxygen atoms in total. The van der Waals surface area contributed by atoms with Gasteiger partial charge in [-0.1, -0.05) is 30.3 Å². The summed E-state index contributed by atoms with van der Waals surface area (Å²) in [6.45, 7) is 1.09. The van der Waals surface area contributed by atoms with Gasteiger partial charge in [0.1, 0.15) is 11.6 Å². The van der Waals surface area contributed by atoms with Crippen LogP contribution in [0.3, 0.4) is 0 Å². The van der Waals surface area contributed by atoms with Gasteiger partial charge in [0.05, 0.1) is 7.11 Å². The molecule has 2 heterocycles. The van der Waals surface area contributed by atoms with E-state index in [1.807, 2.05) is 42.5 Å². The maximum atomic E-state index is 13.7. The zero-order valence-electron chi connectivity index (χ0n) is 18.1. The molecule has 166 valence electrons. The van der Waals surface area contributed by atoms with Gasteiger partial charge >= 0.3 is 0 Å². The normalized spacial score (nSPS) is 17.8. The molecule has 0 aliphatic carbocycles. The third-order valence-electron chi connectivity index (χ3n) is 5.83. The van der Waals surface area contributed by atoms with Gasteiger partial charge in [-0.15, -0.1) is 0 Å². The van der Waals surface area contributed by atoms with Crippen LogP contribution in [0.2, 0.25) is 0 Å². The summed E-state index contributed by atoms with van der Waals surface area (Å²) in [5, 5.41) is 3.03. The highest BCUT2D eigenvalue weighted by Gasteiger charge is 2.42. The number of hydrogen-bond donors (Lipinski definition) is 1. The minimum atomic E-state index is -0.859. The maximum absolute atomic E-state index is 13.7. The van der Waals surface area contributed by atoms with Crippen LogP contribution in [0.4, 0.5) is 4.39 Å². The molecule has 0 bridgehead atoms. The van der Waals surface area contributed by atoms with E-state index in [2.05, 4.69) is 10.3 Å². The van der Waals surface area contributed by atoms with Crippen molar-refractivity contribution in [2.75, 3.05) is 20.3 Å². The number of carbonyl (C=O) groups is 1. The second kappa shape index (κ2) is 9.92. The number of nitrogens with zero attached hydrogens (tertiary/aromatic N) is 1. The third kappa shape index (κ3) is 4.97. The minimum absolute atomic E-state index is 0.0817. The minimum Gasteiger partial charge on any atom is -0.496 e. The fourth-order valence-electron chi connectivity index (χ4n) is 4.15. The molecule has 1 aliphatic rings. The third-order valence-corrected chi connectivity index (χ3v) is 5.83. The van der Waals surface area contributed by atoms with Crippen molar-refractivity contribution in [3.63, 3.8) is 0 Å². The van der Waals surface area contributed by atoms with Crippen LogP contribution in [0.5, 0.6) is 5.75 Å². The lowest BCUT2D eigenvalue weighted by Crippen LogP contribution is -2.48. The summed E-state index contributed by atoms with van der Waals surface area (Å²) in [4.78, 5) is 17.4. The van der Waals surface area contributed by atoms with Crippen LogP contribution < -0.4 is 10.1 Å². The molecule has 1 aromatic heterocycles. The zero-order chi connectivity index (χ0) is 22.4. The summed E-state index contributed by atoms with van der Waals surface area (Å²) in [6, 6.07) is 18.0. The summed E-state index contributed by atoms with van der Waals surface area (Å²) in [5.74, 6) is 0.217. The van der Waals surface area contributed by atoms with Gasteiger partial charge in [0, 0.05) is 43.4 Å². The lowest BCUT2D eigenvalue weighted by Gasteiger charge is -2.27. The number of hydrogen-bond acceptors (Lipinski definition) is 4. The molecule has 6 heteroatoms. The van der Waals surface area contributed by atoms with Gasteiger partial charge < -0.3 is 14.8 Å². The fourth-order valence-corrected chi connectivity index (χ4v) is 4.15. The predicted molar refractivity (Wildman–Crippen MR) is 121 cm³/mol. The molecule has 32 heavy (non-hydrogen) atoms. The number of benzene rings is 2. The van der Waals surface area contributed by atoms with Crippen molar-refractivity contribution in [1.29, 1.82) is 0 Å². The number of aromatic nitrogens is 1. The smallest absolute Gasteiger partial charge is 0.252 e. The summed E-state index contributed by atoms with van der Waals surface area (Å²) >= 11 is 0. The average Bonchev–Trinajstić information content (AvgIpc) is 3.30. The first-order valence-corrected chi connectivity index (χ1v) is 10.8. The van der Waals surface area contributed by atoms with E-state index in [1.54, 1.807) is 19.4 Å². The number of ether oxygens (including phenoxy) is 2. The van der Waals surface area contributed by atoms with Crippen LogP contribution in [0.25, 0.3) is 11.1 Å². The fraction of sp³-hybridized carbons (Fsp3) is 0.308. The van der Waals surface area contributed by atoms with Crippen molar-refractivity contribution in [2.24, 2.45) is 0 Å². The summed E-state index contributed by atoms with van der Waals surface area (Å²) < 4.78 is 25.1. The standard InChI is InChI=1S/C26H27FN2O3/c1-31-24-11-10-21(27)17-23(24)20-8-6-19(7-9-20)18-26(13-4-16-32-26)25(30)29-15-12-22-5-2-3-14-28-22/h2-3,5-11,14,17H,4,12-13,15-16,18H2,1H3,(H,29,30)/t26-/m1/s1. The number of carbonyl (C=O) groups excluding carboxylic acids is 1. The molecule has 4 rings (SSSR count). The maximum Gasteiger partial charge on any atom is 0.252 e. The Morgan fingerprint density at radius 3 is 2.72 bits per heavy atom. The van der Waals surface area contributed by atoms with Crippen molar-refractivity contribution in [3.05, 3.63) is 83.9 Å².